The van der Waals surface area contributed by atoms with Crippen LogP contribution in [0.15, 0.2) is 59.0 Å². The third-order valence-electron chi connectivity index (χ3n) is 6.13. The molecule has 0 bridgehead atoms. The van der Waals surface area contributed by atoms with Gasteiger partial charge in [-0.2, -0.15) is 0 Å². The van der Waals surface area contributed by atoms with Crippen molar-refractivity contribution in [2.45, 2.75) is 6.42 Å². The number of carbonyl (C=O) groups excluding carboxylic acids is 3. The Hall–Kier alpha value is -3.68. The average molecular weight is 435 g/mol. The van der Waals surface area contributed by atoms with Gasteiger partial charge >= 0.3 is 0 Å². The van der Waals surface area contributed by atoms with Gasteiger partial charge in [0.25, 0.3) is 5.91 Å². The van der Waals surface area contributed by atoms with E-state index in [2.05, 4.69) is 0 Å². The molecule has 3 heterocycles. The van der Waals surface area contributed by atoms with Crippen molar-refractivity contribution >= 4 is 34.4 Å². The summed E-state index contributed by atoms with van der Waals surface area (Å²) in [6.45, 7) is 1.71. The van der Waals surface area contributed by atoms with Gasteiger partial charge in [-0.25, -0.2) is 4.39 Å². The van der Waals surface area contributed by atoms with Crippen molar-refractivity contribution in [2.24, 2.45) is 5.92 Å². The highest BCUT2D eigenvalue weighted by Gasteiger charge is 2.39. The summed E-state index contributed by atoms with van der Waals surface area (Å²) < 4.78 is 19.8. The number of nitrogens with zero attached hydrogens (tertiary/aromatic N) is 3. The van der Waals surface area contributed by atoms with Crippen molar-refractivity contribution in [3.8, 4) is 0 Å². The molecule has 2 fully saturated rings. The number of fused-ring (bicyclic) bond motifs is 1. The lowest BCUT2D eigenvalue weighted by molar-refractivity contribution is -0.137. The van der Waals surface area contributed by atoms with Crippen LogP contribution in [0.3, 0.4) is 0 Å². The van der Waals surface area contributed by atoms with Gasteiger partial charge in [0, 0.05) is 44.5 Å². The Morgan fingerprint density at radius 2 is 1.62 bits per heavy atom. The van der Waals surface area contributed by atoms with Gasteiger partial charge in [0.15, 0.2) is 5.76 Å². The highest BCUT2D eigenvalue weighted by atomic mass is 19.1. The number of para-hydroxylation sites is 2. The Balaban J connectivity index is 1.21. The molecule has 8 heteroatoms. The standard InChI is InChI=1S/C24H22FN3O4/c25-18-6-2-3-7-19(18)28-15-17(14-22(28)29)23(30)26-9-11-27(12-10-26)24(31)21-13-16-5-1-4-8-20(16)32-21/h1-8,13,17H,9-12,14-15H2. The van der Waals surface area contributed by atoms with Gasteiger partial charge in [0.1, 0.15) is 11.4 Å². The number of hydrogen-bond acceptors (Lipinski definition) is 4. The molecular weight excluding hydrogens is 413 g/mol. The maximum absolute atomic E-state index is 14.1. The Morgan fingerprint density at radius 3 is 2.38 bits per heavy atom. The number of furan rings is 1. The first-order valence-electron chi connectivity index (χ1n) is 10.6. The van der Waals surface area contributed by atoms with Gasteiger partial charge in [0.05, 0.1) is 11.6 Å². The fourth-order valence-corrected chi connectivity index (χ4v) is 4.41. The van der Waals surface area contributed by atoms with Gasteiger partial charge in [-0.3, -0.25) is 14.4 Å². The highest BCUT2D eigenvalue weighted by molar-refractivity contribution is 6.00. The van der Waals surface area contributed by atoms with E-state index in [1.165, 1.54) is 11.0 Å². The average Bonchev–Trinajstić information content (AvgIpc) is 3.42. The molecule has 1 atom stereocenters. The molecule has 1 aromatic heterocycles. The largest absolute Gasteiger partial charge is 0.451 e. The van der Waals surface area contributed by atoms with E-state index < -0.39 is 11.7 Å². The zero-order chi connectivity index (χ0) is 22.2. The van der Waals surface area contributed by atoms with Crippen molar-refractivity contribution in [2.75, 3.05) is 37.6 Å². The summed E-state index contributed by atoms with van der Waals surface area (Å²) in [7, 11) is 0. The van der Waals surface area contributed by atoms with Crippen LogP contribution in [0.25, 0.3) is 11.0 Å². The summed E-state index contributed by atoms with van der Waals surface area (Å²) in [5.74, 6) is -1.30. The van der Waals surface area contributed by atoms with Crippen LogP contribution in [-0.4, -0.2) is 60.2 Å². The van der Waals surface area contributed by atoms with Crippen LogP contribution in [0.1, 0.15) is 17.0 Å². The van der Waals surface area contributed by atoms with Crippen molar-refractivity contribution in [3.63, 3.8) is 0 Å². The Bertz CT molecular complexity index is 1170. The van der Waals surface area contributed by atoms with Crippen LogP contribution in [0.4, 0.5) is 10.1 Å². The Kier molecular flexibility index (Phi) is 5.13. The molecule has 3 amide bonds. The molecule has 0 aliphatic carbocycles. The zero-order valence-corrected chi connectivity index (χ0v) is 17.4. The van der Waals surface area contributed by atoms with Crippen molar-refractivity contribution < 1.29 is 23.2 Å². The molecule has 0 saturated carbocycles. The second-order valence-electron chi connectivity index (χ2n) is 8.12. The van der Waals surface area contributed by atoms with E-state index >= 15 is 0 Å². The molecule has 0 N–H and O–H groups in total. The van der Waals surface area contributed by atoms with E-state index in [-0.39, 0.29) is 42.1 Å². The maximum Gasteiger partial charge on any atom is 0.289 e. The SMILES string of the molecule is O=C(c1cc2ccccc2o1)N1CCN(C(=O)C2CC(=O)N(c3ccccc3F)C2)CC1. The van der Waals surface area contributed by atoms with Gasteiger partial charge in [0.2, 0.25) is 11.8 Å². The zero-order valence-electron chi connectivity index (χ0n) is 17.4. The first-order chi connectivity index (χ1) is 15.5. The summed E-state index contributed by atoms with van der Waals surface area (Å²) in [5.41, 5.74) is 0.865. The molecule has 2 saturated heterocycles. The van der Waals surface area contributed by atoms with Crippen molar-refractivity contribution in [3.05, 3.63) is 66.2 Å². The van der Waals surface area contributed by atoms with Crippen LogP contribution >= 0.6 is 0 Å². The summed E-state index contributed by atoms with van der Waals surface area (Å²) in [4.78, 5) is 42.9. The van der Waals surface area contributed by atoms with Gasteiger partial charge in [-0.1, -0.05) is 30.3 Å². The summed E-state index contributed by atoms with van der Waals surface area (Å²) in [5, 5.41) is 0.870. The second kappa shape index (κ2) is 8.11. The topological polar surface area (TPSA) is 74.1 Å². The molecule has 5 rings (SSSR count). The lowest BCUT2D eigenvalue weighted by atomic mass is 10.1. The number of anilines is 1. The molecular formula is C24H22FN3O4. The maximum atomic E-state index is 14.1. The van der Waals surface area contributed by atoms with Gasteiger partial charge in [-0.05, 0) is 24.3 Å². The summed E-state index contributed by atoms with van der Waals surface area (Å²) in [6, 6.07) is 15.3. The van der Waals surface area contributed by atoms with Crippen LogP contribution in [0, 0.1) is 11.7 Å². The lowest BCUT2D eigenvalue weighted by Gasteiger charge is -2.35. The minimum Gasteiger partial charge on any atom is -0.451 e. The molecule has 1 unspecified atom stereocenters. The predicted octanol–water partition coefficient (Wildman–Crippen LogP) is 2.91. The van der Waals surface area contributed by atoms with Gasteiger partial charge < -0.3 is 19.1 Å². The Morgan fingerprint density at radius 1 is 0.938 bits per heavy atom. The van der Waals surface area contributed by atoms with Crippen molar-refractivity contribution in [1.82, 2.24) is 9.80 Å². The number of carbonyl (C=O) groups is 3. The van der Waals surface area contributed by atoms with Gasteiger partial charge in [-0.15, -0.1) is 0 Å². The molecule has 7 nitrogen and oxygen atoms in total. The molecule has 2 aliphatic rings. The fourth-order valence-electron chi connectivity index (χ4n) is 4.41. The van der Waals surface area contributed by atoms with E-state index in [0.717, 1.165) is 5.39 Å². The van der Waals surface area contributed by atoms with Crippen LogP contribution in [-0.2, 0) is 9.59 Å². The van der Waals surface area contributed by atoms with E-state index in [1.54, 1.807) is 34.1 Å². The number of hydrogen-bond donors (Lipinski definition) is 0. The molecule has 0 spiro atoms. The first kappa shape index (κ1) is 20.2. The number of piperazine rings is 1. The number of benzene rings is 2. The molecule has 0 radical (unpaired) electrons. The number of amides is 3. The molecule has 2 aliphatic heterocycles. The third-order valence-corrected chi connectivity index (χ3v) is 6.13. The summed E-state index contributed by atoms with van der Waals surface area (Å²) in [6.07, 6.45) is 0.0608. The van der Waals surface area contributed by atoms with Crippen LogP contribution in [0.5, 0.6) is 0 Å². The third kappa shape index (κ3) is 3.62. The van der Waals surface area contributed by atoms with Crippen LogP contribution < -0.4 is 4.90 Å². The van der Waals surface area contributed by atoms with E-state index in [4.69, 9.17) is 4.42 Å². The normalized spacial score (nSPS) is 19.1. The quantitative estimate of drug-likeness (QED) is 0.634. The van der Waals surface area contributed by atoms with Crippen LogP contribution in [0.2, 0.25) is 0 Å². The predicted molar refractivity (Wildman–Crippen MR) is 116 cm³/mol. The molecule has 32 heavy (non-hydrogen) atoms. The summed E-state index contributed by atoms with van der Waals surface area (Å²) >= 11 is 0. The minimum absolute atomic E-state index is 0.0608. The second-order valence-corrected chi connectivity index (χ2v) is 8.12. The molecule has 164 valence electrons. The Labute approximate surface area is 184 Å². The minimum atomic E-state index is -0.514. The number of halogens is 1. The van der Waals surface area contributed by atoms with E-state index in [9.17, 15) is 18.8 Å². The highest BCUT2D eigenvalue weighted by Crippen LogP contribution is 2.28. The monoisotopic (exact) mass is 435 g/mol. The lowest BCUT2D eigenvalue weighted by Crippen LogP contribution is -2.52. The first-order valence-corrected chi connectivity index (χ1v) is 10.6. The van der Waals surface area contributed by atoms with E-state index in [0.29, 0.717) is 31.8 Å². The molecule has 3 aromatic rings. The fraction of sp³-hybridized carbons (Fsp3) is 0.292. The molecule has 2 aromatic carbocycles. The van der Waals surface area contributed by atoms with E-state index in [1.807, 2.05) is 24.3 Å². The smallest absolute Gasteiger partial charge is 0.289 e. The number of rotatable bonds is 3. The van der Waals surface area contributed by atoms with Crippen molar-refractivity contribution in [1.29, 1.82) is 0 Å².